The summed E-state index contributed by atoms with van der Waals surface area (Å²) < 4.78 is 29.6. The number of aromatic carboxylic acids is 3. The number of carboxylic acids is 3. The van der Waals surface area contributed by atoms with E-state index < -0.39 is 17.9 Å². The van der Waals surface area contributed by atoms with Gasteiger partial charge in [-0.05, 0) is 36.4 Å². The summed E-state index contributed by atoms with van der Waals surface area (Å²) in [7, 11) is 8.61. The molecule has 0 heterocycles. The van der Waals surface area contributed by atoms with Gasteiger partial charge in [0.15, 0.2) is 34.5 Å². The Hall–Kier alpha value is -4.03. The summed E-state index contributed by atoms with van der Waals surface area (Å²) in [4.78, 5) is 32.1. The van der Waals surface area contributed by atoms with Crippen molar-refractivity contribution in [2.75, 3.05) is 42.7 Å². The van der Waals surface area contributed by atoms with E-state index >= 15 is 0 Å². The molecule has 0 atom stereocenters. The third kappa shape index (κ3) is 9.62. The van der Waals surface area contributed by atoms with E-state index in [1.165, 1.54) is 60.9 Å². The molecular formula is C27H30O12Y. The number of methoxy groups -OCH3 is 6. The van der Waals surface area contributed by atoms with Gasteiger partial charge in [-0.25, -0.2) is 14.4 Å². The Balaban J connectivity index is 0.000000563. The van der Waals surface area contributed by atoms with Crippen molar-refractivity contribution in [3.8, 4) is 34.5 Å². The first-order valence-electron chi connectivity index (χ1n) is 10.9. The Morgan fingerprint density at radius 3 is 0.825 bits per heavy atom. The van der Waals surface area contributed by atoms with Crippen LogP contribution < -0.4 is 28.4 Å². The fourth-order valence-corrected chi connectivity index (χ4v) is 3.17. The van der Waals surface area contributed by atoms with Gasteiger partial charge in [0.1, 0.15) is 16.7 Å². The molecule has 0 aliphatic heterocycles. The second-order valence-electron chi connectivity index (χ2n) is 7.04. The van der Waals surface area contributed by atoms with E-state index in [2.05, 4.69) is 0 Å². The molecule has 13 heteroatoms. The molecule has 0 saturated carbocycles. The molecular weight excluding hydrogens is 605 g/mol. The average molecular weight is 635 g/mol. The number of para-hydroxylation sites is 3. The molecule has 213 valence electrons. The van der Waals surface area contributed by atoms with Gasteiger partial charge in [0.2, 0.25) is 0 Å². The van der Waals surface area contributed by atoms with E-state index in [9.17, 15) is 14.4 Å². The van der Waals surface area contributed by atoms with Gasteiger partial charge in [-0.3, -0.25) is 0 Å². The maximum Gasteiger partial charge on any atom is 0.339 e. The zero-order valence-corrected chi connectivity index (χ0v) is 25.6. The van der Waals surface area contributed by atoms with Gasteiger partial charge in [0.05, 0.1) is 42.7 Å². The van der Waals surface area contributed by atoms with Crippen LogP contribution in [0.15, 0.2) is 54.6 Å². The summed E-state index contributed by atoms with van der Waals surface area (Å²) in [5.74, 6) is -1.10. The van der Waals surface area contributed by atoms with Crippen molar-refractivity contribution in [1.29, 1.82) is 0 Å². The number of benzene rings is 3. The normalized spacial score (nSPS) is 9.15. The SMILES string of the molecule is COc1cccc(C(=O)O)c1OC.COc1cccc(C(=O)O)c1OC.COc1cccc(C(=O)O)c1OC.[Y]. The zero-order chi connectivity index (χ0) is 29.5. The number of carbonyl (C=O) groups is 3. The molecule has 3 rings (SSSR count). The molecule has 0 fully saturated rings. The molecule has 0 amide bonds. The first-order valence-corrected chi connectivity index (χ1v) is 10.9. The van der Waals surface area contributed by atoms with Crippen LogP contribution in [0.5, 0.6) is 34.5 Å². The van der Waals surface area contributed by atoms with Crippen LogP contribution in [0.2, 0.25) is 0 Å². The van der Waals surface area contributed by atoms with E-state index in [1.54, 1.807) is 36.4 Å². The van der Waals surface area contributed by atoms with Gasteiger partial charge in [-0.15, -0.1) is 0 Å². The summed E-state index contributed by atoms with van der Waals surface area (Å²) >= 11 is 0. The van der Waals surface area contributed by atoms with Gasteiger partial charge in [-0.2, -0.15) is 0 Å². The fraction of sp³-hybridized carbons (Fsp3) is 0.222. The fourth-order valence-electron chi connectivity index (χ4n) is 3.17. The second-order valence-corrected chi connectivity index (χ2v) is 7.04. The molecule has 0 spiro atoms. The Kier molecular flexibility index (Phi) is 16.5. The maximum absolute atomic E-state index is 10.7. The van der Waals surface area contributed by atoms with E-state index in [4.69, 9.17) is 43.7 Å². The van der Waals surface area contributed by atoms with Crippen molar-refractivity contribution < 1.29 is 90.8 Å². The van der Waals surface area contributed by atoms with Crippen molar-refractivity contribution >= 4 is 17.9 Å². The molecule has 12 nitrogen and oxygen atoms in total. The van der Waals surface area contributed by atoms with E-state index in [0.29, 0.717) is 17.2 Å². The van der Waals surface area contributed by atoms with E-state index in [1.807, 2.05) is 0 Å². The molecule has 0 aromatic heterocycles. The van der Waals surface area contributed by atoms with Crippen LogP contribution in [-0.4, -0.2) is 75.9 Å². The topological polar surface area (TPSA) is 167 Å². The third-order valence-electron chi connectivity index (χ3n) is 4.90. The summed E-state index contributed by atoms with van der Waals surface area (Å²) in [5.41, 5.74) is 0.297. The van der Waals surface area contributed by atoms with Crippen molar-refractivity contribution in [1.82, 2.24) is 0 Å². The Morgan fingerprint density at radius 2 is 0.675 bits per heavy atom. The van der Waals surface area contributed by atoms with Gasteiger partial charge in [-0.1, -0.05) is 18.2 Å². The minimum Gasteiger partial charge on any atom is -0.493 e. The minimum atomic E-state index is -1.03. The molecule has 1 radical (unpaired) electrons. The number of rotatable bonds is 9. The number of ether oxygens (including phenoxy) is 6. The van der Waals surface area contributed by atoms with Crippen molar-refractivity contribution in [3.05, 3.63) is 71.3 Å². The Labute approximate surface area is 256 Å². The van der Waals surface area contributed by atoms with Crippen molar-refractivity contribution in [2.24, 2.45) is 0 Å². The molecule has 0 aliphatic carbocycles. The predicted octanol–water partition coefficient (Wildman–Crippen LogP) is 4.20. The van der Waals surface area contributed by atoms with Gasteiger partial charge in [0.25, 0.3) is 0 Å². The van der Waals surface area contributed by atoms with Crippen LogP contribution in [0.25, 0.3) is 0 Å². The van der Waals surface area contributed by atoms with Gasteiger partial charge in [0, 0.05) is 32.7 Å². The van der Waals surface area contributed by atoms with Gasteiger partial charge >= 0.3 is 17.9 Å². The summed E-state index contributed by atoms with van der Waals surface area (Å²) in [6.07, 6.45) is 0. The number of carboxylic acid groups (broad SMARTS) is 3. The first-order chi connectivity index (χ1) is 18.6. The maximum atomic E-state index is 10.7. The predicted molar refractivity (Wildman–Crippen MR) is 140 cm³/mol. The molecule has 0 unspecified atom stereocenters. The van der Waals surface area contributed by atoms with Crippen LogP contribution >= 0.6 is 0 Å². The van der Waals surface area contributed by atoms with Crippen LogP contribution in [0.4, 0.5) is 0 Å². The van der Waals surface area contributed by atoms with Crippen LogP contribution in [0.1, 0.15) is 31.1 Å². The van der Waals surface area contributed by atoms with Crippen LogP contribution in [-0.2, 0) is 32.7 Å². The number of hydrogen-bond donors (Lipinski definition) is 3. The van der Waals surface area contributed by atoms with Gasteiger partial charge < -0.3 is 43.7 Å². The third-order valence-corrected chi connectivity index (χ3v) is 4.90. The zero-order valence-electron chi connectivity index (χ0n) is 22.8. The summed E-state index contributed by atoms with van der Waals surface area (Å²) in [5, 5.41) is 26.3. The largest absolute Gasteiger partial charge is 0.493 e. The molecule has 40 heavy (non-hydrogen) atoms. The van der Waals surface area contributed by atoms with Crippen molar-refractivity contribution in [3.63, 3.8) is 0 Å². The van der Waals surface area contributed by atoms with E-state index in [0.717, 1.165) is 0 Å². The molecule has 3 aromatic rings. The average Bonchev–Trinajstić information content (AvgIpc) is 2.95. The molecule has 0 bridgehead atoms. The smallest absolute Gasteiger partial charge is 0.339 e. The Bertz CT molecular complexity index is 1120. The minimum absolute atomic E-state index is 0. The summed E-state index contributed by atoms with van der Waals surface area (Å²) in [6, 6.07) is 14.1. The van der Waals surface area contributed by atoms with Crippen molar-refractivity contribution in [2.45, 2.75) is 0 Å². The molecule has 3 aromatic carbocycles. The quantitative estimate of drug-likeness (QED) is 0.307. The molecule has 3 N–H and O–H groups in total. The molecule has 0 saturated heterocycles. The van der Waals surface area contributed by atoms with Crippen LogP contribution in [0.3, 0.4) is 0 Å². The van der Waals surface area contributed by atoms with E-state index in [-0.39, 0.29) is 66.6 Å². The Morgan fingerprint density at radius 1 is 0.450 bits per heavy atom. The number of hydrogen-bond acceptors (Lipinski definition) is 9. The first kappa shape index (κ1) is 36.0. The summed E-state index contributed by atoms with van der Waals surface area (Å²) in [6.45, 7) is 0. The standard InChI is InChI=1S/3C9H10O4.Y/c3*1-12-7-5-3-4-6(9(10)11)8(7)13-2;/h3*3-5H,1-2H3,(H,10,11);. The second kappa shape index (κ2) is 18.3. The molecule has 0 aliphatic rings. The monoisotopic (exact) mass is 635 g/mol. The van der Waals surface area contributed by atoms with Crippen LogP contribution in [0, 0.1) is 0 Å².